The van der Waals surface area contributed by atoms with Crippen LogP contribution in [-0.2, 0) is 16.4 Å². The first kappa shape index (κ1) is 26.4. The van der Waals surface area contributed by atoms with E-state index in [1.54, 1.807) is 12.1 Å². The van der Waals surface area contributed by atoms with E-state index < -0.39 is 9.84 Å². The summed E-state index contributed by atoms with van der Waals surface area (Å²) in [4.78, 5) is 7.86. The first-order valence-electron chi connectivity index (χ1n) is 11.5. The van der Waals surface area contributed by atoms with Crippen molar-refractivity contribution in [1.29, 1.82) is 0 Å². The van der Waals surface area contributed by atoms with Crippen LogP contribution in [0.3, 0.4) is 0 Å². The smallest absolute Gasteiger partial charge is 0.191 e. The van der Waals surface area contributed by atoms with E-state index >= 15 is 0 Å². The number of guanidine groups is 1. The van der Waals surface area contributed by atoms with Crippen molar-refractivity contribution in [3.05, 3.63) is 29.8 Å². The number of nitrogens with one attached hydrogen (secondary N) is 2. The van der Waals surface area contributed by atoms with Gasteiger partial charge in [-0.15, -0.1) is 24.0 Å². The average Bonchev–Trinajstić information content (AvgIpc) is 2.76. The molecule has 2 fully saturated rings. The second-order valence-electron chi connectivity index (χ2n) is 8.80. The van der Waals surface area contributed by atoms with E-state index in [4.69, 9.17) is 4.99 Å². The molecule has 6 nitrogen and oxygen atoms in total. The molecule has 31 heavy (non-hydrogen) atoms. The number of nitrogens with zero attached hydrogens (tertiary/aromatic N) is 2. The summed E-state index contributed by atoms with van der Waals surface area (Å²) in [5.41, 5.74) is 1.26. The Bertz CT molecular complexity index is 799. The summed E-state index contributed by atoms with van der Waals surface area (Å²) < 4.78 is 23.3. The van der Waals surface area contributed by atoms with Crippen molar-refractivity contribution in [2.24, 2.45) is 4.99 Å². The van der Waals surface area contributed by atoms with Gasteiger partial charge in [0.25, 0.3) is 0 Å². The van der Waals surface area contributed by atoms with Gasteiger partial charge in [-0.1, -0.05) is 37.8 Å². The molecule has 2 N–H and O–H groups in total. The molecular weight excluding hydrogens is 523 g/mol. The molecule has 1 saturated carbocycles. The van der Waals surface area contributed by atoms with E-state index in [1.165, 1.54) is 70.7 Å². The molecule has 0 radical (unpaired) electrons. The number of piperidine rings is 1. The lowest BCUT2D eigenvalue weighted by Crippen LogP contribution is -2.59. The van der Waals surface area contributed by atoms with E-state index in [9.17, 15) is 8.42 Å². The van der Waals surface area contributed by atoms with Gasteiger partial charge in [-0.25, -0.2) is 13.4 Å². The molecule has 1 aliphatic heterocycles. The fraction of sp³-hybridized carbons (Fsp3) is 0.696. The topological polar surface area (TPSA) is 73.8 Å². The Hall–Kier alpha value is -0.870. The van der Waals surface area contributed by atoms with Crippen LogP contribution in [-0.4, -0.2) is 57.3 Å². The molecule has 0 spiro atoms. The lowest BCUT2D eigenvalue weighted by molar-refractivity contribution is 0.0368. The van der Waals surface area contributed by atoms with Crippen LogP contribution < -0.4 is 10.6 Å². The summed E-state index contributed by atoms with van der Waals surface area (Å²) in [5.74, 6) is 0.839. The van der Waals surface area contributed by atoms with Crippen molar-refractivity contribution in [3.8, 4) is 0 Å². The maximum atomic E-state index is 11.6. The van der Waals surface area contributed by atoms with Crippen LogP contribution in [0, 0.1) is 0 Å². The van der Waals surface area contributed by atoms with Gasteiger partial charge in [0.2, 0.25) is 0 Å². The van der Waals surface area contributed by atoms with Gasteiger partial charge in [-0.05, 0) is 63.4 Å². The third-order valence-corrected chi connectivity index (χ3v) is 7.64. The number of benzene rings is 1. The molecule has 1 heterocycles. The molecule has 1 aliphatic carbocycles. The predicted molar refractivity (Wildman–Crippen MR) is 139 cm³/mol. The zero-order valence-electron chi connectivity index (χ0n) is 19.0. The van der Waals surface area contributed by atoms with Crippen LogP contribution in [0.1, 0.15) is 63.9 Å². The molecule has 1 saturated heterocycles. The molecule has 0 aromatic heterocycles. The predicted octanol–water partition coefficient (Wildman–Crippen LogP) is 3.95. The SMILES string of the molecule is CCNC(=NCc1ccc(S(C)(=O)=O)cc1)NCC1(N2CCCCC2)CCCCC1.I. The molecule has 2 aliphatic rings. The maximum absolute atomic E-state index is 11.6. The Morgan fingerprint density at radius 1 is 1.00 bits per heavy atom. The Kier molecular flexibility index (Phi) is 10.5. The summed E-state index contributed by atoms with van der Waals surface area (Å²) in [5, 5.41) is 7.01. The third kappa shape index (κ3) is 7.60. The number of sulfone groups is 1. The van der Waals surface area contributed by atoms with Crippen LogP contribution in [0.15, 0.2) is 34.2 Å². The minimum atomic E-state index is -3.16. The van der Waals surface area contributed by atoms with E-state index in [2.05, 4.69) is 22.5 Å². The number of likely N-dealkylation sites (tertiary alicyclic amines) is 1. The Morgan fingerprint density at radius 2 is 1.61 bits per heavy atom. The number of rotatable bonds is 7. The zero-order chi connectivity index (χ0) is 21.5. The summed E-state index contributed by atoms with van der Waals surface area (Å²) in [6.07, 6.45) is 11.8. The number of hydrogen-bond acceptors (Lipinski definition) is 4. The maximum Gasteiger partial charge on any atom is 0.191 e. The van der Waals surface area contributed by atoms with Crippen molar-refractivity contribution in [1.82, 2.24) is 15.5 Å². The Morgan fingerprint density at radius 3 is 2.19 bits per heavy atom. The Balaban J connectivity index is 0.00000341. The van der Waals surface area contributed by atoms with Gasteiger partial charge >= 0.3 is 0 Å². The van der Waals surface area contributed by atoms with Crippen molar-refractivity contribution in [2.75, 3.05) is 32.4 Å². The quantitative estimate of drug-likeness (QED) is 0.299. The molecule has 0 amide bonds. The van der Waals surface area contributed by atoms with Gasteiger partial charge in [0.15, 0.2) is 15.8 Å². The highest BCUT2D eigenvalue weighted by molar-refractivity contribution is 14.0. The largest absolute Gasteiger partial charge is 0.357 e. The van der Waals surface area contributed by atoms with Crippen molar-refractivity contribution < 1.29 is 8.42 Å². The zero-order valence-corrected chi connectivity index (χ0v) is 22.2. The second-order valence-corrected chi connectivity index (χ2v) is 10.8. The van der Waals surface area contributed by atoms with E-state index in [1.807, 2.05) is 12.1 Å². The summed E-state index contributed by atoms with van der Waals surface area (Å²) in [7, 11) is -3.16. The fourth-order valence-corrected chi connectivity index (χ4v) is 5.42. The molecule has 176 valence electrons. The minimum Gasteiger partial charge on any atom is -0.357 e. The molecule has 3 rings (SSSR count). The van der Waals surface area contributed by atoms with Gasteiger partial charge in [-0.2, -0.15) is 0 Å². The lowest BCUT2D eigenvalue weighted by Gasteiger charge is -2.48. The third-order valence-electron chi connectivity index (χ3n) is 6.51. The van der Waals surface area contributed by atoms with Crippen LogP contribution in [0.4, 0.5) is 0 Å². The highest BCUT2D eigenvalue weighted by atomic mass is 127. The summed E-state index contributed by atoms with van der Waals surface area (Å²) in [6, 6.07) is 7.02. The highest BCUT2D eigenvalue weighted by Crippen LogP contribution is 2.35. The van der Waals surface area contributed by atoms with E-state index in [0.717, 1.165) is 24.6 Å². The fourth-order valence-electron chi connectivity index (χ4n) is 4.79. The van der Waals surface area contributed by atoms with Gasteiger partial charge in [-0.3, -0.25) is 4.90 Å². The van der Waals surface area contributed by atoms with E-state index in [-0.39, 0.29) is 29.5 Å². The molecule has 1 aromatic carbocycles. The van der Waals surface area contributed by atoms with Crippen LogP contribution in [0.5, 0.6) is 0 Å². The molecule has 8 heteroatoms. The lowest BCUT2D eigenvalue weighted by atomic mass is 9.79. The number of hydrogen-bond donors (Lipinski definition) is 2. The standard InChI is InChI=1S/C23H38N4O2S.HI/c1-3-24-22(25-18-20-10-12-21(13-11-20)30(2,28)29)26-19-23(14-6-4-7-15-23)27-16-8-5-9-17-27;/h10-13H,3-9,14-19H2,1-2H3,(H2,24,25,26);1H. The summed E-state index contributed by atoms with van der Waals surface area (Å²) >= 11 is 0. The number of aliphatic imine (C=N–C) groups is 1. The molecule has 0 bridgehead atoms. The first-order chi connectivity index (χ1) is 14.4. The molecular formula is C23H39IN4O2S. The van der Waals surface area contributed by atoms with Gasteiger partial charge in [0, 0.05) is 24.9 Å². The van der Waals surface area contributed by atoms with Gasteiger partial charge in [0.05, 0.1) is 11.4 Å². The van der Waals surface area contributed by atoms with Crippen molar-refractivity contribution in [3.63, 3.8) is 0 Å². The monoisotopic (exact) mass is 562 g/mol. The first-order valence-corrected chi connectivity index (χ1v) is 13.4. The molecule has 0 atom stereocenters. The minimum absolute atomic E-state index is 0. The van der Waals surface area contributed by atoms with Crippen LogP contribution in [0.2, 0.25) is 0 Å². The summed E-state index contributed by atoms with van der Waals surface area (Å²) in [6.45, 7) is 6.81. The number of halogens is 1. The van der Waals surface area contributed by atoms with Crippen molar-refractivity contribution in [2.45, 2.75) is 75.3 Å². The second kappa shape index (κ2) is 12.4. The average molecular weight is 563 g/mol. The molecule has 1 aromatic rings. The Labute approximate surface area is 205 Å². The van der Waals surface area contributed by atoms with Crippen molar-refractivity contribution >= 4 is 39.8 Å². The van der Waals surface area contributed by atoms with Crippen LogP contribution >= 0.6 is 24.0 Å². The van der Waals surface area contributed by atoms with Gasteiger partial charge in [0.1, 0.15) is 0 Å². The van der Waals surface area contributed by atoms with Gasteiger partial charge < -0.3 is 10.6 Å². The molecule has 0 unspecified atom stereocenters. The van der Waals surface area contributed by atoms with Crippen LogP contribution in [0.25, 0.3) is 0 Å². The van der Waals surface area contributed by atoms with E-state index in [0.29, 0.717) is 11.4 Å². The highest BCUT2D eigenvalue weighted by Gasteiger charge is 2.38. The normalized spacial score (nSPS) is 20.0.